The molecule has 11 N–H and O–H groups in total. The summed E-state index contributed by atoms with van der Waals surface area (Å²) in [7, 11) is 0. The summed E-state index contributed by atoms with van der Waals surface area (Å²) in [6.07, 6.45) is -7.70. The Balaban J connectivity index is 1.56. The zero-order valence-corrected chi connectivity index (χ0v) is 34.9. The van der Waals surface area contributed by atoms with Gasteiger partial charge in [0.1, 0.15) is 61.0 Å². The zero-order valence-electron chi connectivity index (χ0n) is 34.9. The smallest absolute Gasteiger partial charge is 0.219 e. The molecule has 0 bridgehead atoms. The number of aliphatic hydroxyl groups is 8. The van der Waals surface area contributed by atoms with Gasteiger partial charge >= 0.3 is 0 Å². The molecular formula is C40H73N3O16. The number of ether oxygens (including phenoxy) is 5. The quantitative estimate of drug-likeness (QED) is 0.0447. The van der Waals surface area contributed by atoms with Gasteiger partial charge in [-0.2, -0.15) is 0 Å². The van der Waals surface area contributed by atoms with Crippen LogP contribution in [-0.2, 0) is 38.1 Å². The van der Waals surface area contributed by atoms with Crippen LogP contribution in [-0.4, -0.2) is 177 Å². The SMILES string of the molecule is CCCCCCCCCC(=O)NCCCCCC(=O)NCCCO[C@@H]1OC(CO)[C@H](O)[C@H](O[C@H]2OC(CO)[C@H](O)[C@H](O)C2NC(C)=O)C1O[C@@H]1CC(C)[C@@H](O)[C@H](O)C1O. The lowest BCUT2D eigenvalue weighted by atomic mass is 9.81. The number of hydrogen-bond acceptors (Lipinski definition) is 16. The van der Waals surface area contributed by atoms with E-state index >= 15 is 0 Å². The van der Waals surface area contributed by atoms with E-state index in [1.54, 1.807) is 6.92 Å². The summed E-state index contributed by atoms with van der Waals surface area (Å²) in [5.41, 5.74) is 0. The Kier molecular flexibility index (Phi) is 23.5. The van der Waals surface area contributed by atoms with Crippen molar-refractivity contribution in [3.8, 4) is 0 Å². The highest BCUT2D eigenvalue weighted by Gasteiger charge is 2.54. The molecule has 344 valence electrons. The number of nitrogens with one attached hydrogen (secondary N) is 3. The minimum absolute atomic E-state index is 0.0266. The zero-order chi connectivity index (χ0) is 43.5. The third-order valence-electron chi connectivity index (χ3n) is 11.3. The van der Waals surface area contributed by atoms with Crippen molar-refractivity contribution in [1.29, 1.82) is 0 Å². The van der Waals surface area contributed by atoms with Gasteiger partial charge in [0.15, 0.2) is 12.6 Å². The lowest BCUT2D eigenvalue weighted by Gasteiger charge is -2.49. The maximum atomic E-state index is 12.5. The molecule has 3 amide bonds. The number of amides is 3. The second-order valence-electron chi connectivity index (χ2n) is 16.2. The van der Waals surface area contributed by atoms with Crippen LogP contribution >= 0.6 is 0 Å². The van der Waals surface area contributed by atoms with Gasteiger partial charge in [-0.3, -0.25) is 14.4 Å². The maximum Gasteiger partial charge on any atom is 0.219 e. The molecule has 0 aromatic carbocycles. The Morgan fingerprint density at radius 1 is 0.627 bits per heavy atom. The summed E-state index contributed by atoms with van der Waals surface area (Å²) >= 11 is 0. The van der Waals surface area contributed by atoms with E-state index in [-0.39, 0.29) is 31.4 Å². The molecule has 1 aliphatic carbocycles. The van der Waals surface area contributed by atoms with Crippen LogP contribution in [0.1, 0.15) is 111 Å². The number of carbonyl (C=O) groups excluding carboxylic acids is 3. The van der Waals surface area contributed by atoms with Gasteiger partial charge in [0.05, 0.1) is 32.0 Å². The Bertz CT molecular complexity index is 1220. The molecule has 0 aromatic heterocycles. The fourth-order valence-electron chi connectivity index (χ4n) is 7.69. The topological polar surface area (TPSA) is 295 Å². The molecule has 19 nitrogen and oxygen atoms in total. The highest BCUT2D eigenvalue weighted by Crippen LogP contribution is 2.35. The van der Waals surface area contributed by atoms with E-state index in [4.69, 9.17) is 23.7 Å². The fraction of sp³-hybridized carbons (Fsp3) is 0.925. The van der Waals surface area contributed by atoms with E-state index in [9.17, 15) is 55.2 Å². The standard InChI is InChI=1S/C40H73N3O16/c1-4-5-6-7-8-9-11-15-28(47)41-17-13-10-12-16-29(48)42-18-14-19-55-40-38(56-25-20-23(2)31(49)36(54)32(25)50)37(34(52)27(22-45)58-40)59-39-30(43-24(3)46)35(53)33(51)26(21-44)57-39/h23,25-27,30-40,44-45,49-54H,4-22H2,1-3H3,(H,41,47)(H,42,48)(H,43,46)/t23?,25-,26?,27?,30?,31-,32?,33+,34+,35-,36+,37+,38?,39-,40-/m1/s1. The normalized spacial score (nSPS) is 34.9. The Morgan fingerprint density at radius 2 is 1.19 bits per heavy atom. The number of unbranched alkanes of at least 4 members (excludes halogenated alkanes) is 8. The van der Waals surface area contributed by atoms with Crippen molar-refractivity contribution >= 4 is 17.7 Å². The first-order valence-electron chi connectivity index (χ1n) is 21.6. The van der Waals surface area contributed by atoms with Crippen molar-refractivity contribution in [2.75, 3.05) is 32.9 Å². The van der Waals surface area contributed by atoms with Crippen molar-refractivity contribution in [2.24, 2.45) is 5.92 Å². The highest BCUT2D eigenvalue weighted by molar-refractivity contribution is 5.76. The van der Waals surface area contributed by atoms with Crippen molar-refractivity contribution in [2.45, 2.75) is 196 Å². The summed E-state index contributed by atoms with van der Waals surface area (Å²) < 4.78 is 30.1. The van der Waals surface area contributed by atoms with Gasteiger partial charge in [-0.05, 0) is 38.0 Å². The Labute approximate surface area is 347 Å². The predicted octanol–water partition coefficient (Wildman–Crippen LogP) is -1.39. The molecule has 3 fully saturated rings. The van der Waals surface area contributed by atoms with E-state index in [1.165, 1.54) is 25.7 Å². The monoisotopic (exact) mass is 851 g/mol. The average Bonchev–Trinajstić information content (AvgIpc) is 3.21. The van der Waals surface area contributed by atoms with E-state index in [2.05, 4.69) is 22.9 Å². The van der Waals surface area contributed by atoms with Gasteiger partial charge in [-0.1, -0.05) is 58.8 Å². The third-order valence-corrected chi connectivity index (χ3v) is 11.3. The molecule has 0 spiro atoms. The van der Waals surface area contributed by atoms with Gasteiger partial charge in [-0.25, -0.2) is 0 Å². The van der Waals surface area contributed by atoms with Crippen LogP contribution in [0, 0.1) is 5.92 Å². The molecule has 19 heteroatoms. The van der Waals surface area contributed by atoms with Crippen LogP contribution in [0.2, 0.25) is 0 Å². The molecule has 1 saturated carbocycles. The maximum absolute atomic E-state index is 12.5. The second kappa shape index (κ2) is 27.1. The van der Waals surface area contributed by atoms with E-state index in [0.717, 1.165) is 39.0 Å². The molecule has 3 aliphatic rings. The van der Waals surface area contributed by atoms with E-state index in [1.807, 2.05) is 0 Å². The predicted molar refractivity (Wildman–Crippen MR) is 210 cm³/mol. The minimum atomic E-state index is -1.68. The molecule has 2 heterocycles. The first-order chi connectivity index (χ1) is 28.2. The van der Waals surface area contributed by atoms with E-state index in [0.29, 0.717) is 32.2 Å². The Morgan fingerprint density at radius 3 is 1.80 bits per heavy atom. The van der Waals surface area contributed by atoms with Gasteiger partial charge in [-0.15, -0.1) is 0 Å². The Hall–Kier alpha value is -2.11. The lowest BCUT2D eigenvalue weighted by molar-refractivity contribution is -0.362. The van der Waals surface area contributed by atoms with Crippen LogP contribution in [0.25, 0.3) is 0 Å². The molecule has 2 aliphatic heterocycles. The summed E-state index contributed by atoms with van der Waals surface area (Å²) in [5.74, 6) is -1.25. The van der Waals surface area contributed by atoms with Crippen LogP contribution in [0.4, 0.5) is 0 Å². The van der Waals surface area contributed by atoms with Crippen LogP contribution in [0.3, 0.4) is 0 Å². The molecule has 0 radical (unpaired) electrons. The van der Waals surface area contributed by atoms with Gasteiger partial charge < -0.3 is 80.5 Å². The number of hydrogen-bond donors (Lipinski definition) is 11. The third kappa shape index (κ3) is 16.3. The minimum Gasteiger partial charge on any atom is -0.394 e. The molecule has 2 saturated heterocycles. The van der Waals surface area contributed by atoms with Crippen LogP contribution < -0.4 is 16.0 Å². The summed E-state index contributed by atoms with van der Waals surface area (Å²) in [6, 6.07) is -1.40. The first-order valence-corrected chi connectivity index (χ1v) is 21.6. The number of aliphatic hydroxyl groups excluding tert-OH is 8. The molecule has 6 unspecified atom stereocenters. The van der Waals surface area contributed by atoms with Crippen molar-refractivity contribution in [3.63, 3.8) is 0 Å². The van der Waals surface area contributed by atoms with Gasteiger partial charge in [0, 0.05) is 32.9 Å². The molecule has 59 heavy (non-hydrogen) atoms. The summed E-state index contributed by atoms with van der Waals surface area (Å²) in [5, 5.41) is 92.8. The molecule has 15 atom stereocenters. The van der Waals surface area contributed by atoms with Gasteiger partial charge in [0.2, 0.25) is 17.7 Å². The number of carbonyl (C=O) groups is 3. The van der Waals surface area contributed by atoms with E-state index < -0.39 is 111 Å². The average molecular weight is 852 g/mol. The molecular weight excluding hydrogens is 778 g/mol. The van der Waals surface area contributed by atoms with Crippen molar-refractivity contribution < 1.29 is 78.9 Å². The largest absolute Gasteiger partial charge is 0.394 e. The summed E-state index contributed by atoms with van der Waals surface area (Å²) in [6.45, 7) is 4.31. The number of rotatable bonds is 26. The van der Waals surface area contributed by atoms with Crippen LogP contribution in [0.15, 0.2) is 0 Å². The molecule has 3 rings (SSSR count). The van der Waals surface area contributed by atoms with Gasteiger partial charge in [0.25, 0.3) is 0 Å². The van der Waals surface area contributed by atoms with Crippen LogP contribution in [0.5, 0.6) is 0 Å². The van der Waals surface area contributed by atoms with Crippen molar-refractivity contribution in [3.05, 3.63) is 0 Å². The summed E-state index contributed by atoms with van der Waals surface area (Å²) in [4.78, 5) is 36.7. The second-order valence-corrected chi connectivity index (χ2v) is 16.2. The molecule has 0 aromatic rings. The fourth-order valence-corrected chi connectivity index (χ4v) is 7.69. The highest BCUT2D eigenvalue weighted by atomic mass is 16.7. The van der Waals surface area contributed by atoms with Crippen molar-refractivity contribution in [1.82, 2.24) is 16.0 Å². The lowest BCUT2D eigenvalue weighted by Crippen LogP contribution is -2.68. The first kappa shape index (κ1) is 51.2.